The highest BCUT2D eigenvalue weighted by Gasteiger charge is 2.30. The molecule has 2 N–H and O–H groups in total. The van der Waals surface area contributed by atoms with Gasteiger partial charge in [-0.3, -0.25) is 4.79 Å². The second-order valence-corrected chi connectivity index (χ2v) is 5.69. The maximum atomic E-state index is 12.5. The highest BCUT2D eigenvalue weighted by atomic mass is 16.2. The second kappa shape index (κ2) is 5.59. The van der Waals surface area contributed by atoms with Crippen molar-refractivity contribution in [1.82, 2.24) is 9.88 Å². The normalized spacial score (nSPS) is 22.8. The predicted octanol–water partition coefficient (Wildman–Crippen LogP) is 2.34. The van der Waals surface area contributed by atoms with E-state index in [1.807, 2.05) is 11.0 Å². The van der Waals surface area contributed by atoms with Crippen molar-refractivity contribution < 1.29 is 4.79 Å². The van der Waals surface area contributed by atoms with Crippen LogP contribution in [0.25, 0.3) is 0 Å². The fraction of sp³-hybridized carbons (Fsp3) is 0.600. The molecule has 0 aliphatic carbocycles. The smallest absolute Gasteiger partial charge is 0.254 e. The van der Waals surface area contributed by atoms with Crippen molar-refractivity contribution in [3.8, 4) is 0 Å². The Bertz CT molecular complexity index is 462. The molecule has 4 heteroatoms. The van der Waals surface area contributed by atoms with Gasteiger partial charge in [0.25, 0.3) is 5.91 Å². The molecule has 0 aromatic carbocycles. The van der Waals surface area contributed by atoms with E-state index in [4.69, 9.17) is 5.73 Å². The molecule has 1 aliphatic rings. The number of carbonyl (C=O) groups excluding carboxylic acids is 1. The zero-order valence-electron chi connectivity index (χ0n) is 12.0. The zero-order valence-corrected chi connectivity index (χ0v) is 12.0. The van der Waals surface area contributed by atoms with Crippen molar-refractivity contribution in [2.45, 2.75) is 33.6 Å². The van der Waals surface area contributed by atoms with Crippen LogP contribution in [0.2, 0.25) is 0 Å². The summed E-state index contributed by atoms with van der Waals surface area (Å²) in [4.78, 5) is 18.7. The molecule has 104 valence electrons. The van der Waals surface area contributed by atoms with Gasteiger partial charge in [0.2, 0.25) is 0 Å². The monoisotopic (exact) mass is 261 g/mol. The Morgan fingerprint density at radius 2 is 2.00 bits per heavy atom. The molecule has 1 aromatic heterocycles. The standard InChI is InChI=1S/C15H23N3O/c1-4-5-13-6-12(7-14(16)17-13)15(19)18-8-10(2)11(3)9-18/h6-7,10-11H,4-5,8-9H2,1-3H3,(H2,16,17). The summed E-state index contributed by atoms with van der Waals surface area (Å²) in [6, 6.07) is 3.57. The van der Waals surface area contributed by atoms with Crippen molar-refractivity contribution in [3.05, 3.63) is 23.4 Å². The molecule has 1 aliphatic heterocycles. The summed E-state index contributed by atoms with van der Waals surface area (Å²) in [5.41, 5.74) is 7.39. The number of pyridine rings is 1. The van der Waals surface area contributed by atoms with Crippen molar-refractivity contribution in [2.75, 3.05) is 18.8 Å². The molecule has 1 amide bonds. The van der Waals surface area contributed by atoms with Crippen LogP contribution >= 0.6 is 0 Å². The summed E-state index contributed by atoms with van der Waals surface area (Å²) in [5, 5.41) is 0. The Morgan fingerprint density at radius 3 is 2.58 bits per heavy atom. The Kier molecular flexibility index (Phi) is 4.08. The van der Waals surface area contributed by atoms with Crippen LogP contribution in [-0.2, 0) is 6.42 Å². The average molecular weight is 261 g/mol. The number of nitrogens with two attached hydrogens (primary N) is 1. The fourth-order valence-corrected chi connectivity index (χ4v) is 2.60. The Morgan fingerprint density at radius 1 is 1.37 bits per heavy atom. The molecule has 0 saturated carbocycles. The number of aryl methyl sites for hydroxylation is 1. The van der Waals surface area contributed by atoms with Crippen LogP contribution in [0.5, 0.6) is 0 Å². The molecular weight excluding hydrogens is 238 g/mol. The first-order valence-corrected chi connectivity index (χ1v) is 7.07. The van der Waals surface area contributed by atoms with E-state index in [-0.39, 0.29) is 5.91 Å². The third-order valence-corrected chi connectivity index (χ3v) is 3.93. The number of hydrogen-bond donors (Lipinski definition) is 1. The van der Waals surface area contributed by atoms with Gasteiger partial charge in [0.05, 0.1) is 0 Å². The molecule has 2 rings (SSSR count). The van der Waals surface area contributed by atoms with E-state index in [0.29, 0.717) is 23.2 Å². The maximum absolute atomic E-state index is 12.5. The number of aromatic nitrogens is 1. The minimum Gasteiger partial charge on any atom is -0.384 e. The lowest BCUT2D eigenvalue weighted by Crippen LogP contribution is -2.29. The van der Waals surface area contributed by atoms with Gasteiger partial charge in [-0.05, 0) is 30.4 Å². The maximum Gasteiger partial charge on any atom is 0.254 e. The summed E-state index contributed by atoms with van der Waals surface area (Å²) >= 11 is 0. The highest BCUT2D eigenvalue weighted by Crippen LogP contribution is 2.24. The Balaban J connectivity index is 2.19. The van der Waals surface area contributed by atoms with E-state index in [2.05, 4.69) is 25.8 Å². The number of amides is 1. The number of anilines is 1. The first-order chi connectivity index (χ1) is 9.01. The van der Waals surface area contributed by atoms with Crippen LogP contribution in [0.4, 0.5) is 5.82 Å². The van der Waals surface area contributed by atoms with E-state index >= 15 is 0 Å². The summed E-state index contributed by atoms with van der Waals surface area (Å²) in [7, 11) is 0. The van der Waals surface area contributed by atoms with E-state index in [9.17, 15) is 4.79 Å². The largest absolute Gasteiger partial charge is 0.384 e. The summed E-state index contributed by atoms with van der Waals surface area (Å²) in [6.07, 6.45) is 1.86. The third-order valence-electron chi connectivity index (χ3n) is 3.93. The van der Waals surface area contributed by atoms with Crippen molar-refractivity contribution in [1.29, 1.82) is 0 Å². The molecule has 1 fully saturated rings. The molecule has 0 spiro atoms. The van der Waals surface area contributed by atoms with Gasteiger partial charge in [0.15, 0.2) is 0 Å². The predicted molar refractivity (Wildman–Crippen MR) is 76.9 cm³/mol. The van der Waals surface area contributed by atoms with Gasteiger partial charge in [0.1, 0.15) is 5.82 Å². The molecule has 4 nitrogen and oxygen atoms in total. The fourth-order valence-electron chi connectivity index (χ4n) is 2.60. The zero-order chi connectivity index (χ0) is 14.0. The van der Waals surface area contributed by atoms with Gasteiger partial charge in [-0.1, -0.05) is 27.2 Å². The number of nitrogen functional groups attached to an aromatic ring is 1. The molecule has 0 bridgehead atoms. The van der Waals surface area contributed by atoms with Gasteiger partial charge in [0, 0.05) is 24.3 Å². The minimum atomic E-state index is 0.0858. The quantitative estimate of drug-likeness (QED) is 0.908. The highest BCUT2D eigenvalue weighted by molar-refractivity contribution is 5.95. The summed E-state index contributed by atoms with van der Waals surface area (Å²) < 4.78 is 0. The van der Waals surface area contributed by atoms with Gasteiger partial charge in [-0.2, -0.15) is 0 Å². The lowest BCUT2D eigenvalue weighted by atomic mass is 10.0. The van der Waals surface area contributed by atoms with E-state index in [1.165, 1.54) is 0 Å². The van der Waals surface area contributed by atoms with Crippen LogP contribution < -0.4 is 5.73 Å². The van der Waals surface area contributed by atoms with E-state index in [0.717, 1.165) is 31.6 Å². The lowest BCUT2D eigenvalue weighted by Gasteiger charge is -2.16. The average Bonchev–Trinajstić information content (AvgIpc) is 2.68. The van der Waals surface area contributed by atoms with Crippen molar-refractivity contribution in [2.24, 2.45) is 11.8 Å². The molecule has 2 heterocycles. The van der Waals surface area contributed by atoms with Crippen LogP contribution in [0.1, 0.15) is 43.2 Å². The number of rotatable bonds is 3. The number of hydrogen-bond acceptors (Lipinski definition) is 3. The SMILES string of the molecule is CCCc1cc(C(=O)N2CC(C)C(C)C2)cc(N)n1. The van der Waals surface area contributed by atoms with Gasteiger partial charge in [-0.25, -0.2) is 4.98 Å². The topological polar surface area (TPSA) is 59.2 Å². The minimum absolute atomic E-state index is 0.0858. The third kappa shape index (κ3) is 3.06. The van der Waals surface area contributed by atoms with Crippen molar-refractivity contribution >= 4 is 11.7 Å². The first kappa shape index (κ1) is 13.8. The van der Waals surface area contributed by atoms with Crippen LogP contribution in [0, 0.1) is 11.8 Å². The number of carbonyl (C=O) groups is 1. The Labute approximate surface area is 115 Å². The van der Waals surface area contributed by atoms with Gasteiger partial charge in [-0.15, -0.1) is 0 Å². The molecular formula is C15H23N3O. The van der Waals surface area contributed by atoms with Crippen LogP contribution in [-0.4, -0.2) is 28.9 Å². The molecule has 1 aromatic rings. The van der Waals surface area contributed by atoms with Crippen LogP contribution in [0.3, 0.4) is 0 Å². The summed E-state index contributed by atoms with van der Waals surface area (Å²) in [6.45, 7) is 8.16. The number of nitrogens with zero attached hydrogens (tertiary/aromatic N) is 2. The van der Waals surface area contributed by atoms with Gasteiger partial charge >= 0.3 is 0 Å². The van der Waals surface area contributed by atoms with E-state index < -0.39 is 0 Å². The summed E-state index contributed by atoms with van der Waals surface area (Å²) in [5.74, 6) is 1.66. The second-order valence-electron chi connectivity index (χ2n) is 5.69. The lowest BCUT2D eigenvalue weighted by molar-refractivity contribution is 0.0785. The van der Waals surface area contributed by atoms with Gasteiger partial charge < -0.3 is 10.6 Å². The Hall–Kier alpha value is -1.58. The molecule has 2 unspecified atom stereocenters. The molecule has 1 saturated heterocycles. The molecule has 2 atom stereocenters. The van der Waals surface area contributed by atoms with Crippen molar-refractivity contribution in [3.63, 3.8) is 0 Å². The molecule has 0 radical (unpaired) electrons. The van der Waals surface area contributed by atoms with Crippen LogP contribution in [0.15, 0.2) is 12.1 Å². The molecule has 19 heavy (non-hydrogen) atoms. The number of likely N-dealkylation sites (tertiary alicyclic amines) is 1. The van der Waals surface area contributed by atoms with E-state index in [1.54, 1.807) is 6.07 Å². The first-order valence-electron chi connectivity index (χ1n) is 7.07.